The van der Waals surface area contributed by atoms with Gasteiger partial charge in [0.15, 0.2) is 0 Å². The number of nitrogens with zero attached hydrogens (tertiary/aromatic N) is 1. The standard InChI is InChI=1S/C25H32N2O4/c28-24-11-6-20(18-23(24)19-4-2-1-3-5-19)25(29)26-21-7-9-22(10-8-21)31-17-14-27-12-15-30-16-13-27/h6-11,18-19,28H,1-5,12-17H2,(H,26,29). The van der Waals surface area contributed by atoms with Gasteiger partial charge in [0.2, 0.25) is 0 Å². The van der Waals surface area contributed by atoms with E-state index in [9.17, 15) is 9.90 Å². The summed E-state index contributed by atoms with van der Waals surface area (Å²) in [6.07, 6.45) is 5.77. The van der Waals surface area contributed by atoms with Crippen molar-refractivity contribution in [3.8, 4) is 11.5 Å². The van der Waals surface area contributed by atoms with Crippen molar-refractivity contribution in [3.05, 3.63) is 53.6 Å². The number of carbonyl (C=O) groups is 1. The summed E-state index contributed by atoms with van der Waals surface area (Å²) in [5.41, 5.74) is 2.19. The van der Waals surface area contributed by atoms with Gasteiger partial charge in [-0.25, -0.2) is 0 Å². The molecule has 6 nitrogen and oxygen atoms in total. The maximum absolute atomic E-state index is 12.8. The predicted molar refractivity (Wildman–Crippen MR) is 121 cm³/mol. The van der Waals surface area contributed by atoms with E-state index < -0.39 is 0 Å². The van der Waals surface area contributed by atoms with Gasteiger partial charge in [0, 0.05) is 30.9 Å². The molecular formula is C25H32N2O4. The zero-order valence-electron chi connectivity index (χ0n) is 18.0. The highest BCUT2D eigenvalue weighted by molar-refractivity contribution is 6.04. The number of hydrogen-bond donors (Lipinski definition) is 2. The van der Waals surface area contributed by atoms with E-state index in [-0.39, 0.29) is 5.91 Å². The zero-order valence-corrected chi connectivity index (χ0v) is 18.0. The number of phenols is 1. The SMILES string of the molecule is O=C(Nc1ccc(OCCN2CCOCC2)cc1)c1ccc(O)c(C2CCCCC2)c1. The molecule has 0 aromatic heterocycles. The van der Waals surface area contributed by atoms with E-state index in [4.69, 9.17) is 9.47 Å². The number of phenolic OH excluding ortho intramolecular Hbond substituents is 1. The topological polar surface area (TPSA) is 71.0 Å². The highest BCUT2D eigenvalue weighted by Gasteiger charge is 2.20. The Kier molecular flexibility index (Phi) is 7.43. The Morgan fingerprint density at radius 1 is 1.06 bits per heavy atom. The second-order valence-electron chi connectivity index (χ2n) is 8.39. The first-order chi connectivity index (χ1) is 15.2. The van der Waals surface area contributed by atoms with Crippen molar-refractivity contribution in [3.63, 3.8) is 0 Å². The summed E-state index contributed by atoms with van der Waals surface area (Å²) in [7, 11) is 0. The van der Waals surface area contributed by atoms with Crippen LogP contribution in [-0.2, 0) is 4.74 Å². The number of hydrogen-bond acceptors (Lipinski definition) is 5. The van der Waals surface area contributed by atoms with Gasteiger partial charge in [0.05, 0.1) is 13.2 Å². The van der Waals surface area contributed by atoms with Crippen LogP contribution >= 0.6 is 0 Å². The number of morpholine rings is 1. The van der Waals surface area contributed by atoms with Gasteiger partial charge < -0.3 is 19.9 Å². The third kappa shape index (κ3) is 5.99. The smallest absolute Gasteiger partial charge is 0.255 e. The average Bonchev–Trinajstić information content (AvgIpc) is 2.82. The second-order valence-corrected chi connectivity index (χ2v) is 8.39. The molecule has 0 radical (unpaired) electrons. The summed E-state index contributed by atoms with van der Waals surface area (Å²) < 4.78 is 11.2. The van der Waals surface area contributed by atoms with Crippen LogP contribution in [0.15, 0.2) is 42.5 Å². The second kappa shape index (κ2) is 10.6. The molecule has 4 rings (SSSR count). The van der Waals surface area contributed by atoms with Crippen LogP contribution in [0.5, 0.6) is 11.5 Å². The molecule has 1 saturated carbocycles. The normalized spacial score (nSPS) is 17.9. The lowest BCUT2D eigenvalue weighted by atomic mass is 9.83. The fourth-order valence-corrected chi connectivity index (χ4v) is 4.39. The molecule has 1 saturated heterocycles. The fraction of sp³-hybridized carbons (Fsp3) is 0.480. The molecular weight excluding hydrogens is 392 g/mol. The molecule has 1 heterocycles. The van der Waals surface area contributed by atoms with E-state index in [1.807, 2.05) is 30.3 Å². The fourth-order valence-electron chi connectivity index (χ4n) is 4.39. The molecule has 2 N–H and O–H groups in total. The van der Waals surface area contributed by atoms with Crippen LogP contribution < -0.4 is 10.1 Å². The first kappa shape index (κ1) is 21.7. The van der Waals surface area contributed by atoms with E-state index in [1.165, 1.54) is 19.3 Å². The minimum atomic E-state index is -0.168. The van der Waals surface area contributed by atoms with Crippen molar-refractivity contribution in [2.45, 2.75) is 38.0 Å². The maximum atomic E-state index is 12.8. The molecule has 1 amide bonds. The van der Waals surface area contributed by atoms with Gasteiger partial charge >= 0.3 is 0 Å². The molecule has 2 fully saturated rings. The number of nitrogens with one attached hydrogen (secondary N) is 1. The van der Waals surface area contributed by atoms with Gasteiger partial charge in [-0.05, 0) is 66.8 Å². The van der Waals surface area contributed by atoms with Gasteiger partial charge in [-0.1, -0.05) is 19.3 Å². The first-order valence-electron chi connectivity index (χ1n) is 11.4. The molecule has 0 bridgehead atoms. The monoisotopic (exact) mass is 424 g/mol. The highest BCUT2D eigenvalue weighted by Crippen LogP contribution is 2.37. The minimum Gasteiger partial charge on any atom is -0.508 e. The van der Waals surface area contributed by atoms with Gasteiger partial charge in [-0.3, -0.25) is 9.69 Å². The van der Waals surface area contributed by atoms with Crippen molar-refractivity contribution < 1.29 is 19.4 Å². The summed E-state index contributed by atoms with van der Waals surface area (Å²) in [4.78, 5) is 15.1. The quantitative estimate of drug-likeness (QED) is 0.689. The van der Waals surface area contributed by atoms with Gasteiger partial charge in [0.25, 0.3) is 5.91 Å². The van der Waals surface area contributed by atoms with E-state index in [1.54, 1.807) is 12.1 Å². The number of rotatable bonds is 7. The van der Waals surface area contributed by atoms with Crippen LogP contribution in [0.1, 0.15) is 53.9 Å². The molecule has 0 spiro atoms. The zero-order chi connectivity index (χ0) is 21.5. The van der Waals surface area contributed by atoms with E-state index in [2.05, 4.69) is 10.2 Å². The summed E-state index contributed by atoms with van der Waals surface area (Å²) >= 11 is 0. The van der Waals surface area contributed by atoms with Crippen LogP contribution in [0.25, 0.3) is 0 Å². The molecule has 166 valence electrons. The van der Waals surface area contributed by atoms with Crippen LogP contribution in [0.3, 0.4) is 0 Å². The van der Waals surface area contributed by atoms with Crippen LogP contribution in [-0.4, -0.2) is 55.4 Å². The first-order valence-corrected chi connectivity index (χ1v) is 11.4. The van der Waals surface area contributed by atoms with Crippen molar-refractivity contribution >= 4 is 11.6 Å². The highest BCUT2D eigenvalue weighted by atomic mass is 16.5. The van der Waals surface area contributed by atoms with Gasteiger partial charge in [-0.2, -0.15) is 0 Å². The third-order valence-electron chi connectivity index (χ3n) is 6.23. The maximum Gasteiger partial charge on any atom is 0.255 e. The van der Waals surface area contributed by atoms with Crippen molar-refractivity contribution in [2.75, 3.05) is 44.8 Å². The Morgan fingerprint density at radius 2 is 1.81 bits per heavy atom. The molecule has 2 aliphatic rings. The average molecular weight is 425 g/mol. The number of aromatic hydroxyl groups is 1. The molecule has 6 heteroatoms. The number of amides is 1. The molecule has 2 aromatic carbocycles. The Balaban J connectivity index is 1.31. The van der Waals surface area contributed by atoms with Crippen LogP contribution in [0.2, 0.25) is 0 Å². The number of benzene rings is 2. The minimum absolute atomic E-state index is 0.168. The molecule has 0 unspecified atom stereocenters. The molecule has 1 aliphatic heterocycles. The lowest BCUT2D eigenvalue weighted by Gasteiger charge is -2.26. The summed E-state index contributed by atoms with van der Waals surface area (Å²) in [6, 6.07) is 12.6. The van der Waals surface area contributed by atoms with Crippen LogP contribution in [0.4, 0.5) is 5.69 Å². The Bertz CT molecular complexity index is 856. The largest absolute Gasteiger partial charge is 0.508 e. The van der Waals surface area contributed by atoms with Crippen molar-refractivity contribution in [1.82, 2.24) is 4.90 Å². The summed E-state index contributed by atoms with van der Waals surface area (Å²) in [5, 5.41) is 13.2. The lowest BCUT2D eigenvalue weighted by Crippen LogP contribution is -2.38. The van der Waals surface area contributed by atoms with Crippen molar-refractivity contribution in [2.24, 2.45) is 0 Å². The Morgan fingerprint density at radius 3 is 2.55 bits per heavy atom. The number of anilines is 1. The summed E-state index contributed by atoms with van der Waals surface area (Å²) in [5.74, 6) is 1.26. The molecule has 31 heavy (non-hydrogen) atoms. The third-order valence-corrected chi connectivity index (χ3v) is 6.23. The number of carbonyl (C=O) groups excluding carboxylic acids is 1. The lowest BCUT2D eigenvalue weighted by molar-refractivity contribution is 0.0322. The Labute approximate surface area is 184 Å². The molecule has 1 aliphatic carbocycles. The molecule has 0 atom stereocenters. The van der Waals surface area contributed by atoms with E-state index in [0.717, 1.165) is 62.7 Å². The van der Waals surface area contributed by atoms with Crippen LogP contribution in [0, 0.1) is 0 Å². The van der Waals surface area contributed by atoms with E-state index >= 15 is 0 Å². The predicted octanol–water partition coefficient (Wildman–Crippen LogP) is 4.40. The Hall–Kier alpha value is -2.57. The van der Waals surface area contributed by atoms with E-state index in [0.29, 0.717) is 23.8 Å². The molecule has 2 aromatic rings. The summed E-state index contributed by atoms with van der Waals surface area (Å²) in [6.45, 7) is 4.99. The van der Waals surface area contributed by atoms with Gasteiger partial charge in [-0.15, -0.1) is 0 Å². The number of ether oxygens (including phenoxy) is 2. The van der Waals surface area contributed by atoms with Gasteiger partial charge in [0.1, 0.15) is 18.1 Å². The van der Waals surface area contributed by atoms with Crippen molar-refractivity contribution in [1.29, 1.82) is 0 Å².